The van der Waals surface area contributed by atoms with Crippen molar-refractivity contribution >= 4 is 15.9 Å². The quantitative estimate of drug-likeness (QED) is 0.724. The summed E-state index contributed by atoms with van der Waals surface area (Å²) in [5.41, 5.74) is 0.816. The number of aliphatic hydroxyl groups is 2. The molecule has 0 aliphatic carbocycles. The molecule has 2 atom stereocenters. The van der Waals surface area contributed by atoms with Crippen LogP contribution in [0.25, 0.3) is 0 Å². The predicted octanol–water partition coefficient (Wildman–Crippen LogP) is 1.27. The Hall–Kier alpha value is -0.650. The molecule has 0 aromatic carbocycles. The summed E-state index contributed by atoms with van der Waals surface area (Å²) in [5.74, 6) is -0.0956. The third-order valence-corrected chi connectivity index (χ3v) is 2.55. The van der Waals surface area contributed by atoms with Gasteiger partial charge in [0.2, 0.25) is 0 Å². The van der Waals surface area contributed by atoms with Gasteiger partial charge in [-0.15, -0.1) is 0 Å². The van der Waals surface area contributed by atoms with Crippen LogP contribution in [0.15, 0.2) is 12.1 Å². The van der Waals surface area contributed by atoms with Crippen molar-refractivity contribution in [2.24, 2.45) is 0 Å². The standard InChI is InChI=1S/C10H14BrNO3/c1-6-2-3-7(13)9(12-6)10(15)8(14)4-5-11/h2-3,8,10,13-15H,4-5H2,1H3. The molecule has 2 unspecified atom stereocenters. The molecule has 4 nitrogen and oxygen atoms in total. The molecular formula is C10H14BrNO3. The molecule has 0 saturated carbocycles. The van der Waals surface area contributed by atoms with Crippen LogP contribution in [-0.2, 0) is 0 Å². The second-order valence-electron chi connectivity index (χ2n) is 3.35. The van der Waals surface area contributed by atoms with Crippen molar-refractivity contribution in [1.29, 1.82) is 0 Å². The molecule has 15 heavy (non-hydrogen) atoms. The molecule has 0 aliphatic rings. The van der Waals surface area contributed by atoms with Gasteiger partial charge in [0.25, 0.3) is 0 Å². The predicted molar refractivity (Wildman–Crippen MR) is 60.0 cm³/mol. The summed E-state index contributed by atoms with van der Waals surface area (Å²) >= 11 is 3.17. The molecule has 3 N–H and O–H groups in total. The molecule has 0 aliphatic heterocycles. The Morgan fingerprint density at radius 3 is 2.67 bits per heavy atom. The molecule has 1 heterocycles. The average Bonchev–Trinajstić information content (AvgIpc) is 2.21. The van der Waals surface area contributed by atoms with Crippen LogP contribution in [0, 0.1) is 6.92 Å². The van der Waals surface area contributed by atoms with Gasteiger partial charge < -0.3 is 15.3 Å². The number of halogens is 1. The van der Waals surface area contributed by atoms with E-state index in [1.807, 2.05) is 0 Å². The first-order chi connectivity index (χ1) is 7.06. The highest BCUT2D eigenvalue weighted by Gasteiger charge is 2.22. The van der Waals surface area contributed by atoms with Crippen LogP contribution in [0.1, 0.15) is 23.9 Å². The van der Waals surface area contributed by atoms with Crippen molar-refractivity contribution in [2.45, 2.75) is 25.6 Å². The minimum absolute atomic E-state index is 0.0956. The fourth-order valence-electron chi connectivity index (χ4n) is 1.24. The monoisotopic (exact) mass is 275 g/mol. The van der Waals surface area contributed by atoms with Crippen LogP contribution in [-0.4, -0.2) is 31.7 Å². The molecule has 0 spiro atoms. The Morgan fingerprint density at radius 2 is 2.07 bits per heavy atom. The first-order valence-corrected chi connectivity index (χ1v) is 5.77. The number of hydrogen-bond donors (Lipinski definition) is 3. The fraction of sp³-hybridized carbons (Fsp3) is 0.500. The lowest BCUT2D eigenvalue weighted by atomic mass is 10.1. The normalized spacial score (nSPS) is 14.9. The number of hydrogen-bond acceptors (Lipinski definition) is 4. The number of rotatable bonds is 4. The van der Waals surface area contributed by atoms with Gasteiger partial charge in [0.1, 0.15) is 17.5 Å². The van der Waals surface area contributed by atoms with E-state index in [1.54, 1.807) is 13.0 Å². The Morgan fingerprint density at radius 1 is 1.40 bits per heavy atom. The molecule has 0 saturated heterocycles. The van der Waals surface area contributed by atoms with Gasteiger partial charge in [0.05, 0.1) is 6.10 Å². The minimum Gasteiger partial charge on any atom is -0.506 e. The second-order valence-corrected chi connectivity index (χ2v) is 4.14. The van der Waals surface area contributed by atoms with Gasteiger partial charge >= 0.3 is 0 Å². The SMILES string of the molecule is Cc1ccc(O)c(C(O)C(O)CCBr)n1. The van der Waals surface area contributed by atoms with E-state index in [2.05, 4.69) is 20.9 Å². The summed E-state index contributed by atoms with van der Waals surface area (Å²) in [6, 6.07) is 3.10. The highest BCUT2D eigenvalue weighted by atomic mass is 79.9. The number of aryl methyl sites for hydroxylation is 1. The van der Waals surface area contributed by atoms with Crippen molar-refractivity contribution < 1.29 is 15.3 Å². The van der Waals surface area contributed by atoms with Crippen LogP contribution in [0.3, 0.4) is 0 Å². The smallest absolute Gasteiger partial charge is 0.139 e. The van der Waals surface area contributed by atoms with E-state index in [0.717, 1.165) is 0 Å². The zero-order valence-corrected chi connectivity index (χ0v) is 9.98. The number of nitrogens with zero attached hydrogens (tertiary/aromatic N) is 1. The van der Waals surface area contributed by atoms with E-state index in [0.29, 0.717) is 17.4 Å². The first-order valence-electron chi connectivity index (χ1n) is 4.65. The van der Waals surface area contributed by atoms with Crippen molar-refractivity contribution in [1.82, 2.24) is 4.98 Å². The summed E-state index contributed by atoms with van der Waals surface area (Å²) in [4.78, 5) is 4.00. The number of aromatic nitrogens is 1. The Bertz CT molecular complexity index is 332. The maximum atomic E-state index is 9.73. The maximum absolute atomic E-state index is 9.73. The average molecular weight is 276 g/mol. The van der Waals surface area contributed by atoms with Crippen molar-refractivity contribution in [2.75, 3.05) is 5.33 Å². The zero-order valence-electron chi connectivity index (χ0n) is 8.39. The van der Waals surface area contributed by atoms with E-state index in [-0.39, 0.29) is 11.4 Å². The summed E-state index contributed by atoms with van der Waals surface area (Å²) in [5, 5.41) is 29.3. The lowest BCUT2D eigenvalue weighted by Gasteiger charge is -2.17. The number of alkyl halides is 1. The highest BCUT2D eigenvalue weighted by Crippen LogP contribution is 2.25. The topological polar surface area (TPSA) is 73.6 Å². The van der Waals surface area contributed by atoms with E-state index in [9.17, 15) is 15.3 Å². The zero-order chi connectivity index (χ0) is 11.4. The molecule has 0 fully saturated rings. The van der Waals surface area contributed by atoms with Crippen molar-refractivity contribution in [3.8, 4) is 5.75 Å². The molecule has 84 valence electrons. The van der Waals surface area contributed by atoms with Crippen molar-refractivity contribution in [3.63, 3.8) is 0 Å². The van der Waals surface area contributed by atoms with Crippen LogP contribution in [0.4, 0.5) is 0 Å². The third-order valence-electron chi connectivity index (χ3n) is 2.09. The van der Waals surface area contributed by atoms with Gasteiger partial charge in [-0.25, -0.2) is 0 Å². The Balaban J connectivity index is 2.89. The molecule has 0 radical (unpaired) electrons. The minimum atomic E-state index is -1.15. The molecule has 1 aromatic heterocycles. The van der Waals surface area contributed by atoms with Crippen molar-refractivity contribution in [3.05, 3.63) is 23.5 Å². The van der Waals surface area contributed by atoms with Crippen LogP contribution >= 0.6 is 15.9 Å². The summed E-state index contributed by atoms with van der Waals surface area (Å²) in [7, 11) is 0. The van der Waals surface area contributed by atoms with Gasteiger partial charge in [-0.1, -0.05) is 15.9 Å². The number of pyridine rings is 1. The summed E-state index contributed by atoms with van der Waals surface area (Å²) in [6.45, 7) is 1.76. The largest absolute Gasteiger partial charge is 0.506 e. The van der Waals surface area contributed by atoms with Crippen LogP contribution in [0.2, 0.25) is 0 Å². The van der Waals surface area contributed by atoms with Gasteiger partial charge in [0.15, 0.2) is 0 Å². The van der Waals surface area contributed by atoms with Crippen LogP contribution in [0.5, 0.6) is 5.75 Å². The second kappa shape index (κ2) is 5.44. The maximum Gasteiger partial charge on any atom is 0.139 e. The van der Waals surface area contributed by atoms with Gasteiger partial charge in [0, 0.05) is 11.0 Å². The summed E-state index contributed by atoms with van der Waals surface area (Å²) < 4.78 is 0. The van der Waals surface area contributed by atoms with Gasteiger partial charge in [-0.3, -0.25) is 4.98 Å². The Labute approximate surface area is 96.7 Å². The van der Waals surface area contributed by atoms with Crippen LogP contribution < -0.4 is 0 Å². The number of aromatic hydroxyl groups is 1. The number of aliphatic hydroxyl groups excluding tert-OH is 2. The lowest BCUT2D eigenvalue weighted by Crippen LogP contribution is -2.20. The molecule has 0 amide bonds. The Kier molecular flexibility index (Phi) is 4.50. The molecule has 1 rings (SSSR count). The third kappa shape index (κ3) is 3.15. The van der Waals surface area contributed by atoms with Gasteiger partial charge in [-0.05, 0) is 25.5 Å². The van der Waals surface area contributed by atoms with E-state index in [1.165, 1.54) is 6.07 Å². The molecule has 5 heteroatoms. The van der Waals surface area contributed by atoms with E-state index in [4.69, 9.17) is 0 Å². The van der Waals surface area contributed by atoms with E-state index >= 15 is 0 Å². The van der Waals surface area contributed by atoms with Gasteiger partial charge in [-0.2, -0.15) is 0 Å². The lowest BCUT2D eigenvalue weighted by molar-refractivity contribution is 0.0133. The first kappa shape index (κ1) is 12.4. The van der Waals surface area contributed by atoms with E-state index < -0.39 is 12.2 Å². The highest BCUT2D eigenvalue weighted by molar-refractivity contribution is 9.09. The molecule has 0 bridgehead atoms. The summed E-state index contributed by atoms with van der Waals surface area (Å²) in [6.07, 6.45) is -1.68. The molecular weight excluding hydrogens is 262 g/mol. The molecule has 1 aromatic rings. The fourth-order valence-corrected chi connectivity index (χ4v) is 1.71.